The van der Waals surface area contributed by atoms with Crippen LogP contribution in [0.2, 0.25) is 0 Å². The molecule has 3 aromatic carbocycles. The Morgan fingerprint density at radius 1 is 0.941 bits per heavy atom. The number of amides is 1. The summed E-state index contributed by atoms with van der Waals surface area (Å²) in [5, 5.41) is 4.30. The number of carbonyl (C=O) groups is 1. The summed E-state index contributed by atoms with van der Waals surface area (Å²) in [5.74, 6) is 0.687. The van der Waals surface area contributed by atoms with Crippen molar-refractivity contribution in [3.63, 3.8) is 0 Å². The zero-order chi connectivity index (χ0) is 24.0. The molecule has 0 aromatic heterocycles. The van der Waals surface area contributed by atoms with Crippen molar-refractivity contribution < 1.29 is 17.9 Å². The first-order valence-electron chi connectivity index (χ1n) is 11.1. The molecule has 7 nitrogen and oxygen atoms in total. The zero-order valence-electron chi connectivity index (χ0n) is 18.9. The fraction of sp³-hybridized carbons (Fsp3) is 0.231. The van der Waals surface area contributed by atoms with Gasteiger partial charge in [-0.1, -0.05) is 36.4 Å². The first-order valence-corrected chi connectivity index (χ1v) is 12.6. The van der Waals surface area contributed by atoms with Gasteiger partial charge in [0.1, 0.15) is 5.75 Å². The molecule has 0 aliphatic heterocycles. The Labute approximate surface area is 199 Å². The quantitative estimate of drug-likeness (QED) is 0.471. The molecule has 1 aliphatic rings. The first kappa shape index (κ1) is 23.5. The van der Waals surface area contributed by atoms with E-state index in [4.69, 9.17) is 4.74 Å². The van der Waals surface area contributed by atoms with Crippen LogP contribution in [0, 0.1) is 0 Å². The van der Waals surface area contributed by atoms with E-state index in [1.54, 1.807) is 30.3 Å². The van der Waals surface area contributed by atoms with Gasteiger partial charge >= 0.3 is 0 Å². The SMILES string of the molecule is COc1ccc(NS(=O)(=O)c2cccc(C(=O)NN=C3CCC(c4ccccc4)CC3)c2)cc1. The van der Waals surface area contributed by atoms with Gasteiger partial charge in [0.05, 0.1) is 12.0 Å². The number of sulfonamides is 1. The Kier molecular flexibility index (Phi) is 7.27. The van der Waals surface area contributed by atoms with Crippen molar-refractivity contribution in [3.05, 3.63) is 90.0 Å². The number of nitrogens with one attached hydrogen (secondary N) is 2. The highest BCUT2D eigenvalue weighted by atomic mass is 32.2. The Hall–Kier alpha value is -3.65. The third-order valence-electron chi connectivity index (χ3n) is 5.90. The number of hydrogen-bond acceptors (Lipinski definition) is 5. The van der Waals surface area contributed by atoms with Gasteiger partial charge in [-0.15, -0.1) is 0 Å². The minimum atomic E-state index is -3.86. The van der Waals surface area contributed by atoms with Crippen LogP contribution in [0.4, 0.5) is 5.69 Å². The third kappa shape index (κ3) is 5.82. The summed E-state index contributed by atoms with van der Waals surface area (Å²) < 4.78 is 33.2. The highest BCUT2D eigenvalue weighted by Crippen LogP contribution is 2.31. The molecular weight excluding hydrogens is 450 g/mol. The van der Waals surface area contributed by atoms with Gasteiger partial charge in [0.2, 0.25) is 0 Å². The summed E-state index contributed by atoms with van der Waals surface area (Å²) in [6.45, 7) is 0. The van der Waals surface area contributed by atoms with E-state index in [9.17, 15) is 13.2 Å². The van der Waals surface area contributed by atoms with Crippen LogP contribution < -0.4 is 14.9 Å². The molecule has 176 valence electrons. The molecule has 3 aromatic rings. The number of benzene rings is 3. The maximum Gasteiger partial charge on any atom is 0.271 e. The second-order valence-corrected chi connectivity index (χ2v) is 9.85. The lowest BCUT2D eigenvalue weighted by Gasteiger charge is -2.23. The van der Waals surface area contributed by atoms with Gasteiger partial charge < -0.3 is 4.74 Å². The van der Waals surface area contributed by atoms with Gasteiger partial charge in [0, 0.05) is 17.0 Å². The number of anilines is 1. The summed E-state index contributed by atoms with van der Waals surface area (Å²) in [7, 11) is -2.33. The Morgan fingerprint density at radius 2 is 1.65 bits per heavy atom. The molecule has 0 atom stereocenters. The van der Waals surface area contributed by atoms with Crippen molar-refractivity contribution >= 4 is 27.3 Å². The summed E-state index contributed by atoms with van der Waals surface area (Å²) in [6.07, 6.45) is 3.62. The molecule has 0 saturated heterocycles. The van der Waals surface area contributed by atoms with Crippen LogP contribution >= 0.6 is 0 Å². The fourth-order valence-corrected chi connectivity index (χ4v) is 5.10. The smallest absolute Gasteiger partial charge is 0.271 e. The van der Waals surface area contributed by atoms with Crippen LogP contribution in [0.1, 0.15) is 47.5 Å². The summed E-state index contributed by atoms with van der Waals surface area (Å²) in [6, 6.07) is 22.9. The van der Waals surface area contributed by atoms with Gasteiger partial charge in [-0.2, -0.15) is 5.10 Å². The minimum absolute atomic E-state index is 0.00742. The van der Waals surface area contributed by atoms with E-state index < -0.39 is 15.9 Å². The van der Waals surface area contributed by atoms with Crippen molar-refractivity contribution in [1.82, 2.24) is 5.43 Å². The molecule has 0 unspecified atom stereocenters. The topological polar surface area (TPSA) is 96.9 Å². The van der Waals surface area contributed by atoms with Crippen LogP contribution in [0.5, 0.6) is 5.75 Å². The molecule has 1 fully saturated rings. The average Bonchev–Trinajstić information content (AvgIpc) is 2.88. The molecule has 1 aliphatic carbocycles. The van der Waals surface area contributed by atoms with Crippen molar-refractivity contribution in [2.45, 2.75) is 36.5 Å². The van der Waals surface area contributed by atoms with E-state index >= 15 is 0 Å². The standard InChI is InChI=1S/C26H27N3O4S/c1-33-24-16-14-23(15-17-24)29-34(31,32)25-9-5-8-21(18-25)26(30)28-27-22-12-10-20(11-13-22)19-6-3-2-4-7-19/h2-9,14-18,20,29H,10-13H2,1H3,(H,28,30). The number of carbonyl (C=O) groups excluding carboxylic acids is 1. The normalized spacial score (nSPS) is 15.9. The van der Waals surface area contributed by atoms with Gasteiger partial charge in [-0.25, -0.2) is 13.8 Å². The molecule has 4 rings (SSSR count). The molecule has 0 bridgehead atoms. The Bertz CT molecular complexity index is 1260. The minimum Gasteiger partial charge on any atom is -0.497 e. The number of hydrazone groups is 1. The second-order valence-electron chi connectivity index (χ2n) is 8.17. The van der Waals surface area contributed by atoms with E-state index in [-0.39, 0.29) is 10.5 Å². The van der Waals surface area contributed by atoms with Crippen molar-refractivity contribution in [2.24, 2.45) is 5.10 Å². The molecule has 34 heavy (non-hydrogen) atoms. The Morgan fingerprint density at radius 3 is 2.32 bits per heavy atom. The molecule has 0 heterocycles. The summed E-state index contributed by atoms with van der Waals surface area (Å²) in [5.41, 5.74) is 5.49. The molecule has 8 heteroatoms. The summed E-state index contributed by atoms with van der Waals surface area (Å²) >= 11 is 0. The highest BCUT2D eigenvalue weighted by Gasteiger charge is 2.20. The largest absolute Gasteiger partial charge is 0.497 e. The van der Waals surface area contributed by atoms with E-state index in [0.29, 0.717) is 17.4 Å². The summed E-state index contributed by atoms with van der Waals surface area (Å²) in [4.78, 5) is 12.6. The lowest BCUT2D eigenvalue weighted by molar-refractivity contribution is 0.0954. The van der Waals surface area contributed by atoms with Gasteiger partial charge in [0.25, 0.3) is 15.9 Å². The van der Waals surface area contributed by atoms with Crippen LogP contribution in [0.3, 0.4) is 0 Å². The van der Waals surface area contributed by atoms with Gasteiger partial charge in [-0.3, -0.25) is 9.52 Å². The van der Waals surface area contributed by atoms with Gasteiger partial charge in [-0.05, 0) is 79.6 Å². The predicted octanol–water partition coefficient (Wildman–Crippen LogP) is 4.94. The number of nitrogens with zero attached hydrogens (tertiary/aromatic N) is 1. The number of methoxy groups -OCH3 is 1. The van der Waals surface area contributed by atoms with Crippen LogP contribution in [-0.2, 0) is 10.0 Å². The predicted molar refractivity (Wildman–Crippen MR) is 133 cm³/mol. The lowest BCUT2D eigenvalue weighted by atomic mass is 9.83. The van der Waals surface area contributed by atoms with Gasteiger partial charge in [0.15, 0.2) is 0 Å². The maximum absolute atomic E-state index is 12.8. The van der Waals surface area contributed by atoms with E-state index in [1.807, 2.05) is 6.07 Å². The number of hydrogen-bond donors (Lipinski definition) is 2. The number of rotatable bonds is 7. The fourth-order valence-electron chi connectivity index (χ4n) is 3.99. The van der Waals surface area contributed by atoms with Crippen molar-refractivity contribution in [3.8, 4) is 5.75 Å². The van der Waals surface area contributed by atoms with Crippen LogP contribution in [0.15, 0.2) is 88.9 Å². The van der Waals surface area contributed by atoms with Crippen molar-refractivity contribution in [2.75, 3.05) is 11.8 Å². The van der Waals surface area contributed by atoms with Crippen LogP contribution in [0.25, 0.3) is 0 Å². The Balaban J connectivity index is 1.38. The average molecular weight is 478 g/mol. The molecule has 0 radical (unpaired) electrons. The van der Waals surface area contributed by atoms with Crippen molar-refractivity contribution in [1.29, 1.82) is 0 Å². The van der Waals surface area contributed by atoms with E-state index in [0.717, 1.165) is 31.4 Å². The van der Waals surface area contributed by atoms with E-state index in [1.165, 1.54) is 30.9 Å². The second kappa shape index (κ2) is 10.5. The van der Waals surface area contributed by atoms with Crippen LogP contribution in [-0.4, -0.2) is 27.1 Å². The molecule has 2 N–H and O–H groups in total. The molecule has 0 spiro atoms. The molecule has 1 amide bonds. The zero-order valence-corrected chi connectivity index (χ0v) is 19.7. The highest BCUT2D eigenvalue weighted by molar-refractivity contribution is 7.92. The number of ether oxygens (including phenoxy) is 1. The first-order chi connectivity index (χ1) is 16.4. The molecule has 1 saturated carbocycles. The lowest BCUT2D eigenvalue weighted by Crippen LogP contribution is -2.22. The third-order valence-corrected chi connectivity index (χ3v) is 7.28. The monoisotopic (exact) mass is 477 g/mol. The van der Waals surface area contributed by atoms with E-state index in [2.05, 4.69) is 39.5 Å². The maximum atomic E-state index is 12.8. The molecular formula is C26H27N3O4S.